The minimum atomic E-state index is 0.0871. The predicted molar refractivity (Wildman–Crippen MR) is 58.4 cm³/mol. The second-order valence-corrected chi connectivity index (χ2v) is 3.90. The van der Waals surface area contributed by atoms with Gasteiger partial charge in [0, 0.05) is 26.2 Å². The quantitative estimate of drug-likeness (QED) is 0.618. The summed E-state index contributed by atoms with van der Waals surface area (Å²) in [7, 11) is 3.71. The Labute approximate surface area is 87.4 Å². The molecule has 4 heteroatoms. The summed E-state index contributed by atoms with van der Waals surface area (Å²) in [6.07, 6.45) is 0.302. The van der Waals surface area contributed by atoms with Crippen molar-refractivity contribution in [2.24, 2.45) is 5.73 Å². The molecule has 0 radical (unpaired) electrons. The van der Waals surface area contributed by atoms with E-state index in [0.717, 1.165) is 19.7 Å². The molecule has 0 amide bonds. The number of hydrogen-bond donors (Lipinski definition) is 1. The smallest absolute Gasteiger partial charge is 0.0626 e. The maximum atomic E-state index is 5.81. The molecule has 0 aliphatic rings. The molecule has 0 spiro atoms. The molecule has 0 saturated carbocycles. The summed E-state index contributed by atoms with van der Waals surface area (Å²) >= 11 is 0. The van der Waals surface area contributed by atoms with Crippen LogP contribution >= 0.6 is 0 Å². The Bertz CT molecular complexity index is 131. The van der Waals surface area contributed by atoms with E-state index in [0.29, 0.717) is 12.7 Å². The van der Waals surface area contributed by atoms with Gasteiger partial charge in [-0.2, -0.15) is 0 Å². The van der Waals surface area contributed by atoms with Gasteiger partial charge in [0.25, 0.3) is 0 Å². The molecule has 2 N–H and O–H groups in total. The fraction of sp³-hybridized carbons (Fsp3) is 1.00. The van der Waals surface area contributed by atoms with Crippen LogP contribution in [0.15, 0.2) is 0 Å². The highest BCUT2D eigenvalue weighted by Crippen LogP contribution is 1.91. The van der Waals surface area contributed by atoms with Gasteiger partial charge in [-0.05, 0) is 20.9 Å². The minimum absolute atomic E-state index is 0.0871. The molecular weight excluding hydrogens is 180 g/mol. The van der Waals surface area contributed by atoms with E-state index in [1.807, 2.05) is 20.9 Å². The molecule has 0 aliphatic carbocycles. The summed E-state index contributed by atoms with van der Waals surface area (Å²) in [6.45, 7) is 7.20. The Balaban J connectivity index is 3.39. The molecule has 0 saturated heterocycles. The highest BCUT2D eigenvalue weighted by Gasteiger charge is 2.06. The molecule has 14 heavy (non-hydrogen) atoms. The summed E-state index contributed by atoms with van der Waals surface area (Å²) < 4.78 is 10.4. The zero-order valence-corrected chi connectivity index (χ0v) is 9.82. The third-order valence-corrected chi connectivity index (χ3v) is 1.85. The Morgan fingerprint density at radius 3 is 2.50 bits per heavy atom. The molecule has 0 aromatic heterocycles. The van der Waals surface area contributed by atoms with Crippen molar-refractivity contribution in [2.45, 2.75) is 26.0 Å². The third kappa shape index (κ3) is 8.44. The summed E-state index contributed by atoms with van der Waals surface area (Å²) in [4.78, 5) is 2.16. The van der Waals surface area contributed by atoms with Crippen molar-refractivity contribution < 1.29 is 9.47 Å². The monoisotopic (exact) mass is 204 g/mol. The molecule has 0 bridgehead atoms. The molecule has 0 rings (SSSR count). The van der Waals surface area contributed by atoms with Crippen LogP contribution in [0.5, 0.6) is 0 Å². The average molecular weight is 204 g/mol. The van der Waals surface area contributed by atoms with Crippen LogP contribution in [0.1, 0.15) is 13.8 Å². The van der Waals surface area contributed by atoms with Crippen LogP contribution in [0, 0.1) is 0 Å². The molecule has 0 aliphatic heterocycles. The van der Waals surface area contributed by atoms with Crippen LogP contribution in [0.3, 0.4) is 0 Å². The molecule has 1 atom stereocenters. The molecule has 0 heterocycles. The van der Waals surface area contributed by atoms with Gasteiger partial charge in [0.1, 0.15) is 0 Å². The van der Waals surface area contributed by atoms with Gasteiger partial charge in [-0.3, -0.25) is 0 Å². The van der Waals surface area contributed by atoms with Gasteiger partial charge in [-0.15, -0.1) is 0 Å². The van der Waals surface area contributed by atoms with Gasteiger partial charge in [-0.25, -0.2) is 0 Å². The van der Waals surface area contributed by atoms with Crippen molar-refractivity contribution in [3.8, 4) is 0 Å². The maximum Gasteiger partial charge on any atom is 0.0626 e. The summed E-state index contributed by atoms with van der Waals surface area (Å²) in [5, 5.41) is 0. The lowest BCUT2D eigenvalue weighted by molar-refractivity contribution is 0.0607. The Kier molecular flexibility index (Phi) is 8.08. The molecule has 0 aromatic carbocycles. The van der Waals surface area contributed by atoms with Crippen molar-refractivity contribution >= 4 is 0 Å². The van der Waals surface area contributed by atoms with Gasteiger partial charge in [-0.1, -0.05) is 0 Å². The van der Waals surface area contributed by atoms with Crippen molar-refractivity contribution in [1.29, 1.82) is 0 Å². The van der Waals surface area contributed by atoms with Crippen LogP contribution in [-0.2, 0) is 9.47 Å². The number of hydrogen-bond acceptors (Lipinski definition) is 4. The Morgan fingerprint density at radius 2 is 2.00 bits per heavy atom. The second kappa shape index (κ2) is 8.17. The van der Waals surface area contributed by atoms with E-state index in [2.05, 4.69) is 4.90 Å². The first kappa shape index (κ1) is 13.8. The van der Waals surface area contributed by atoms with Crippen LogP contribution < -0.4 is 5.73 Å². The summed E-state index contributed by atoms with van der Waals surface area (Å²) in [5.74, 6) is 0. The van der Waals surface area contributed by atoms with E-state index in [1.165, 1.54) is 0 Å². The highest BCUT2D eigenvalue weighted by molar-refractivity contribution is 4.64. The van der Waals surface area contributed by atoms with Crippen molar-refractivity contribution in [2.75, 3.05) is 40.5 Å². The Hall–Kier alpha value is -0.160. The summed E-state index contributed by atoms with van der Waals surface area (Å²) in [5.41, 5.74) is 5.81. The molecule has 0 fully saturated rings. The second-order valence-electron chi connectivity index (χ2n) is 3.90. The molecule has 4 nitrogen and oxygen atoms in total. The normalized spacial score (nSPS) is 13.9. The molecular formula is C10H24N2O2. The van der Waals surface area contributed by atoms with E-state index < -0.39 is 0 Å². The lowest BCUT2D eigenvalue weighted by Gasteiger charge is -2.21. The number of likely N-dealkylation sites (N-methyl/N-ethyl adjacent to an activating group) is 1. The third-order valence-electron chi connectivity index (χ3n) is 1.85. The SMILES string of the molecule is COCC(N)CN(C)CCOC(C)C. The predicted octanol–water partition coefficient (Wildman–Crippen LogP) is 0.317. The minimum Gasteiger partial charge on any atom is -0.383 e. The van der Waals surface area contributed by atoms with Gasteiger partial charge in [0.05, 0.1) is 19.3 Å². The van der Waals surface area contributed by atoms with Crippen molar-refractivity contribution in [3.63, 3.8) is 0 Å². The highest BCUT2D eigenvalue weighted by atomic mass is 16.5. The number of ether oxygens (including phenoxy) is 2. The van der Waals surface area contributed by atoms with Gasteiger partial charge in [0.2, 0.25) is 0 Å². The van der Waals surface area contributed by atoms with Crippen molar-refractivity contribution in [3.05, 3.63) is 0 Å². The van der Waals surface area contributed by atoms with Gasteiger partial charge >= 0.3 is 0 Å². The van der Waals surface area contributed by atoms with Crippen LogP contribution in [-0.4, -0.2) is 57.5 Å². The first-order valence-corrected chi connectivity index (χ1v) is 5.11. The van der Waals surface area contributed by atoms with E-state index in [-0.39, 0.29) is 6.04 Å². The number of nitrogens with zero attached hydrogens (tertiary/aromatic N) is 1. The van der Waals surface area contributed by atoms with E-state index in [4.69, 9.17) is 15.2 Å². The fourth-order valence-corrected chi connectivity index (χ4v) is 1.20. The zero-order valence-electron chi connectivity index (χ0n) is 9.82. The zero-order chi connectivity index (χ0) is 11.0. The average Bonchev–Trinajstić information content (AvgIpc) is 2.03. The number of nitrogens with two attached hydrogens (primary N) is 1. The number of methoxy groups -OCH3 is 1. The van der Waals surface area contributed by atoms with Crippen LogP contribution in [0.4, 0.5) is 0 Å². The summed E-state index contributed by atoms with van der Waals surface area (Å²) in [6, 6.07) is 0.0871. The van der Waals surface area contributed by atoms with Gasteiger partial charge in [0.15, 0.2) is 0 Å². The van der Waals surface area contributed by atoms with E-state index in [9.17, 15) is 0 Å². The van der Waals surface area contributed by atoms with Crippen LogP contribution in [0.25, 0.3) is 0 Å². The molecule has 0 aromatic rings. The van der Waals surface area contributed by atoms with Gasteiger partial charge < -0.3 is 20.1 Å². The largest absolute Gasteiger partial charge is 0.383 e. The van der Waals surface area contributed by atoms with E-state index in [1.54, 1.807) is 7.11 Å². The molecule has 1 unspecified atom stereocenters. The Morgan fingerprint density at radius 1 is 1.36 bits per heavy atom. The first-order valence-electron chi connectivity index (χ1n) is 5.11. The van der Waals surface area contributed by atoms with Crippen molar-refractivity contribution in [1.82, 2.24) is 4.90 Å². The standard InChI is InChI=1S/C10H24N2O2/c1-9(2)14-6-5-12(3)7-10(11)8-13-4/h9-10H,5-8,11H2,1-4H3. The lowest BCUT2D eigenvalue weighted by Crippen LogP contribution is -2.39. The topological polar surface area (TPSA) is 47.7 Å². The maximum absolute atomic E-state index is 5.81. The first-order chi connectivity index (χ1) is 6.56. The van der Waals surface area contributed by atoms with E-state index >= 15 is 0 Å². The lowest BCUT2D eigenvalue weighted by atomic mass is 10.3. The number of rotatable bonds is 8. The fourth-order valence-electron chi connectivity index (χ4n) is 1.20. The molecule has 86 valence electrons. The van der Waals surface area contributed by atoms with Crippen LogP contribution in [0.2, 0.25) is 0 Å².